The number of pyridine rings is 1. The van der Waals surface area contributed by atoms with Gasteiger partial charge in [-0.2, -0.15) is 0 Å². The Balaban J connectivity index is 1.58. The molecule has 0 bridgehead atoms. The van der Waals surface area contributed by atoms with Gasteiger partial charge in [0.25, 0.3) is 11.5 Å². The van der Waals surface area contributed by atoms with Gasteiger partial charge in [0, 0.05) is 18.8 Å². The number of fused-ring (bicyclic) bond motifs is 1. The van der Waals surface area contributed by atoms with Crippen molar-refractivity contribution in [1.29, 1.82) is 0 Å². The summed E-state index contributed by atoms with van der Waals surface area (Å²) in [6.07, 6.45) is 6.77. The van der Waals surface area contributed by atoms with Crippen LogP contribution in [0, 0.1) is 13.8 Å². The van der Waals surface area contributed by atoms with E-state index in [0.717, 1.165) is 42.5 Å². The number of nitrogens with zero attached hydrogens (tertiary/aromatic N) is 4. The Hall–Kier alpha value is -2.97. The average molecular weight is 505 g/mol. The molecule has 0 spiro atoms. The van der Waals surface area contributed by atoms with E-state index in [1.165, 1.54) is 11.8 Å². The number of thioether (sulfide) groups is 1. The zero-order valence-electron chi connectivity index (χ0n) is 20.2. The van der Waals surface area contributed by atoms with Gasteiger partial charge in [0.1, 0.15) is 15.8 Å². The predicted octanol–water partition coefficient (Wildman–Crippen LogP) is 5.09. The largest absolute Gasteiger partial charge is 0.353 e. The maximum Gasteiger partial charge on any atom is 0.267 e. The third-order valence-electron chi connectivity index (χ3n) is 6.67. The molecule has 3 aromatic rings. The van der Waals surface area contributed by atoms with Crippen LogP contribution in [0.3, 0.4) is 0 Å². The Morgan fingerprint density at radius 1 is 1.09 bits per heavy atom. The first-order valence-corrected chi connectivity index (χ1v) is 13.1. The van der Waals surface area contributed by atoms with Crippen LogP contribution >= 0.6 is 24.0 Å². The van der Waals surface area contributed by atoms with Gasteiger partial charge in [0.15, 0.2) is 0 Å². The molecule has 2 aromatic heterocycles. The van der Waals surface area contributed by atoms with E-state index in [4.69, 9.17) is 17.2 Å². The van der Waals surface area contributed by atoms with Crippen LogP contribution in [0.4, 0.5) is 5.82 Å². The molecule has 2 saturated heterocycles. The first-order chi connectivity index (χ1) is 16.8. The summed E-state index contributed by atoms with van der Waals surface area (Å²) in [6, 6.07) is 12.2. The molecule has 180 valence electrons. The fourth-order valence-electron chi connectivity index (χ4n) is 4.65. The number of amides is 1. The summed E-state index contributed by atoms with van der Waals surface area (Å²) in [5.41, 5.74) is 4.03. The smallest absolute Gasteiger partial charge is 0.267 e. The number of piperidine rings is 1. The number of carbonyl (C=O) groups is 1. The van der Waals surface area contributed by atoms with Crippen LogP contribution in [0.15, 0.2) is 52.3 Å². The molecule has 0 saturated carbocycles. The Morgan fingerprint density at radius 3 is 2.57 bits per heavy atom. The number of benzene rings is 1. The van der Waals surface area contributed by atoms with Gasteiger partial charge in [-0.25, -0.2) is 4.98 Å². The minimum atomic E-state index is -0.174. The summed E-state index contributed by atoms with van der Waals surface area (Å²) in [7, 11) is 0. The molecule has 0 aliphatic carbocycles. The van der Waals surface area contributed by atoms with E-state index in [0.29, 0.717) is 32.8 Å². The summed E-state index contributed by atoms with van der Waals surface area (Å²) < 4.78 is 2.08. The minimum absolute atomic E-state index is 0.171. The summed E-state index contributed by atoms with van der Waals surface area (Å²) in [6.45, 7) is 7.40. The molecule has 1 atom stereocenters. The van der Waals surface area contributed by atoms with E-state index in [1.807, 2.05) is 50.2 Å². The zero-order chi connectivity index (χ0) is 24.7. The minimum Gasteiger partial charge on any atom is -0.353 e. The molecule has 8 heteroatoms. The van der Waals surface area contributed by atoms with Crippen LogP contribution in [-0.2, 0) is 11.3 Å². The van der Waals surface area contributed by atoms with Crippen molar-refractivity contribution in [2.75, 3.05) is 11.4 Å². The molecule has 6 nitrogen and oxygen atoms in total. The topological polar surface area (TPSA) is 57.9 Å². The van der Waals surface area contributed by atoms with Crippen molar-refractivity contribution in [2.24, 2.45) is 0 Å². The normalized spacial score (nSPS) is 19.9. The average Bonchev–Trinajstić information content (AvgIpc) is 3.10. The number of hydrogen-bond acceptors (Lipinski definition) is 6. The molecule has 5 rings (SSSR count). The summed E-state index contributed by atoms with van der Waals surface area (Å²) >= 11 is 6.80. The number of aryl methyl sites for hydroxylation is 2. The van der Waals surface area contributed by atoms with Crippen LogP contribution < -0.4 is 10.5 Å². The lowest BCUT2D eigenvalue weighted by molar-refractivity contribution is -0.122. The van der Waals surface area contributed by atoms with E-state index in [9.17, 15) is 9.59 Å². The molecular weight excluding hydrogens is 476 g/mol. The fourth-order valence-corrected chi connectivity index (χ4v) is 5.89. The third-order valence-corrected chi connectivity index (χ3v) is 8.05. The first-order valence-electron chi connectivity index (χ1n) is 11.9. The lowest BCUT2D eigenvalue weighted by atomic mass is 10.0. The molecule has 35 heavy (non-hydrogen) atoms. The van der Waals surface area contributed by atoms with Crippen molar-refractivity contribution in [3.8, 4) is 0 Å². The molecular formula is C27H28N4O2S2. The Bertz CT molecular complexity index is 1410. The van der Waals surface area contributed by atoms with Crippen LogP contribution in [0.5, 0.6) is 0 Å². The lowest BCUT2D eigenvalue weighted by Crippen LogP contribution is -2.40. The highest BCUT2D eigenvalue weighted by Gasteiger charge is 2.33. The van der Waals surface area contributed by atoms with Crippen LogP contribution in [0.25, 0.3) is 11.7 Å². The van der Waals surface area contributed by atoms with Gasteiger partial charge < -0.3 is 4.90 Å². The van der Waals surface area contributed by atoms with Crippen LogP contribution in [0.1, 0.15) is 48.4 Å². The highest BCUT2D eigenvalue weighted by atomic mass is 32.2. The second kappa shape index (κ2) is 9.59. The Morgan fingerprint density at radius 2 is 1.83 bits per heavy atom. The second-order valence-electron chi connectivity index (χ2n) is 9.38. The molecule has 1 unspecified atom stereocenters. The number of anilines is 1. The molecule has 4 heterocycles. The summed E-state index contributed by atoms with van der Waals surface area (Å²) in [4.78, 5) is 36.3. The molecule has 2 aliphatic heterocycles. The van der Waals surface area contributed by atoms with Crippen LogP contribution in [0.2, 0.25) is 0 Å². The van der Waals surface area contributed by atoms with E-state index in [-0.39, 0.29) is 17.5 Å². The monoisotopic (exact) mass is 504 g/mol. The number of thiocarbonyl (C=S) groups is 1. The zero-order valence-corrected chi connectivity index (χ0v) is 21.8. The van der Waals surface area contributed by atoms with Crippen LogP contribution in [-0.4, -0.2) is 37.1 Å². The van der Waals surface area contributed by atoms with Gasteiger partial charge in [0.05, 0.1) is 17.0 Å². The van der Waals surface area contributed by atoms with Crippen molar-refractivity contribution in [3.63, 3.8) is 0 Å². The number of aromatic nitrogens is 2. The van der Waals surface area contributed by atoms with E-state index < -0.39 is 0 Å². The van der Waals surface area contributed by atoms with Gasteiger partial charge in [-0.15, -0.1) is 0 Å². The van der Waals surface area contributed by atoms with Gasteiger partial charge in [0.2, 0.25) is 0 Å². The quantitative estimate of drug-likeness (QED) is 0.364. The molecule has 1 aromatic carbocycles. The van der Waals surface area contributed by atoms with Gasteiger partial charge in [-0.1, -0.05) is 59.9 Å². The number of carbonyl (C=O) groups excluding carboxylic acids is 1. The first kappa shape index (κ1) is 23.8. The maximum absolute atomic E-state index is 13.7. The SMILES string of the molecule is Cc1ccc(CN2C(=O)C(=Cc3c(N4CCCCC4C)nc4ccc(C)cn4c3=O)SC2=S)cc1. The predicted molar refractivity (Wildman–Crippen MR) is 147 cm³/mol. The van der Waals surface area contributed by atoms with Crippen molar-refractivity contribution in [2.45, 2.75) is 52.6 Å². The van der Waals surface area contributed by atoms with Gasteiger partial charge in [-0.3, -0.25) is 18.9 Å². The van der Waals surface area contributed by atoms with Gasteiger partial charge >= 0.3 is 0 Å². The molecule has 1 amide bonds. The summed E-state index contributed by atoms with van der Waals surface area (Å²) in [5.74, 6) is 0.474. The Kier molecular flexibility index (Phi) is 6.51. The fraction of sp³-hybridized carbons (Fsp3) is 0.333. The molecule has 0 radical (unpaired) electrons. The van der Waals surface area contributed by atoms with Crippen molar-refractivity contribution in [1.82, 2.24) is 14.3 Å². The van der Waals surface area contributed by atoms with Crippen molar-refractivity contribution >= 4 is 51.7 Å². The van der Waals surface area contributed by atoms with E-state index in [1.54, 1.807) is 21.6 Å². The van der Waals surface area contributed by atoms with Crippen molar-refractivity contribution in [3.05, 3.63) is 80.1 Å². The van der Waals surface area contributed by atoms with Gasteiger partial charge in [-0.05, 0) is 63.3 Å². The molecule has 0 N–H and O–H groups in total. The second-order valence-corrected chi connectivity index (χ2v) is 11.1. The Labute approximate surface area is 214 Å². The third kappa shape index (κ3) is 4.65. The van der Waals surface area contributed by atoms with E-state index >= 15 is 0 Å². The lowest BCUT2D eigenvalue weighted by Gasteiger charge is -2.35. The summed E-state index contributed by atoms with van der Waals surface area (Å²) in [5, 5.41) is 0. The van der Waals surface area contributed by atoms with Crippen molar-refractivity contribution < 1.29 is 4.79 Å². The van der Waals surface area contributed by atoms with E-state index in [2.05, 4.69) is 11.8 Å². The molecule has 2 fully saturated rings. The molecule has 2 aliphatic rings. The highest BCUT2D eigenvalue weighted by Crippen LogP contribution is 2.35. The number of rotatable bonds is 4. The number of hydrogen-bond donors (Lipinski definition) is 0. The standard InChI is InChI=1S/C27H28N4O2S2/c1-17-7-10-20(11-8-17)16-31-26(33)22(35-27(31)34)14-21-24(29-13-5-4-6-19(29)3)28-23-12-9-18(2)15-30(23)25(21)32/h7-12,14-15,19H,4-6,13,16H2,1-3H3. The highest BCUT2D eigenvalue weighted by molar-refractivity contribution is 8.26. The maximum atomic E-state index is 13.7.